The number of rotatable bonds is 7. The van der Waals surface area contributed by atoms with Crippen molar-refractivity contribution < 1.29 is 28.6 Å². The van der Waals surface area contributed by atoms with Crippen LogP contribution < -0.4 is 4.90 Å². The maximum Gasteiger partial charge on any atom is 0.326 e. The minimum Gasteiger partial charge on any atom is -0.465 e. The summed E-state index contributed by atoms with van der Waals surface area (Å²) < 4.78 is 15.3. The van der Waals surface area contributed by atoms with Crippen LogP contribution in [-0.2, 0) is 28.6 Å². The van der Waals surface area contributed by atoms with E-state index in [1.54, 1.807) is 44.3 Å². The van der Waals surface area contributed by atoms with E-state index in [1.165, 1.54) is 4.90 Å². The first-order chi connectivity index (χ1) is 12.5. The fraction of sp³-hybridized carbons (Fsp3) is 0.500. The first kappa shape index (κ1) is 19.9. The number of para-hydroxylation sites is 1. The van der Waals surface area contributed by atoms with Gasteiger partial charge in [0.2, 0.25) is 0 Å². The summed E-state index contributed by atoms with van der Waals surface area (Å²) in [6.07, 6.45) is 0. The van der Waals surface area contributed by atoms with Crippen LogP contribution in [0, 0.1) is 0 Å². The molecule has 142 valence electrons. The summed E-state index contributed by atoms with van der Waals surface area (Å²) in [7, 11) is 1.80. The van der Waals surface area contributed by atoms with Crippen LogP contribution in [0.2, 0.25) is 0 Å². The quantitative estimate of drug-likeness (QED) is 0.650. The van der Waals surface area contributed by atoms with Crippen LogP contribution in [0.1, 0.15) is 6.92 Å². The number of ether oxygens (including phenoxy) is 3. The molecule has 26 heavy (non-hydrogen) atoms. The van der Waals surface area contributed by atoms with Crippen molar-refractivity contribution in [1.29, 1.82) is 0 Å². The molecule has 8 heteroatoms. The zero-order valence-corrected chi connectivity index (χ0v) is 15.1. The lowest BCUT2D eigenvalue weighted by Gasteiger charge is -2.30. The van der Waals surface area contributed by atoms with Crippen LogP contribution in [0.3, 0.4) is 0 Å². The van der Waals surface area contributed by atoms with E-state index >= 15 is 0 Å². The molecule has 2 rings (SSSR count). The van der Waals surface area contributed by atoms with Gasteiger partial charge in [0.15, 0.2) is 6.61 Å². The van der Waals surface area contributed by atoms with E-state index in [0.717, 1.165) is 0 Å². The molecule has 0 N–H and O–H groups in total. The Balaban J connectivity index is 1.99. The summed E-state index contributed by atoms with van der Waals surface area (Å²) in [5, 5.41) is 0. The lowest BCUT2D eigenvalue weighted by Crippen LogP contribution is -2.49. The van der Waals surface area contributed by atoms with Gasteiger partial charge in [-0.2, -0.15) is 0 Å². The molecule has 1 aliphatic rings. The smallest absolute Gasteiger partial charge is 0.326 e. The predicted octanol–water partition coefficient (Wildman–Crippen LogP) is 0.457. The third-order valence-electron chi connectivity index (χ3n) is 3.97. The Morgan fingerprint density at radius 3 is 2.62 bits per heavy atom. The van der Waals surface area contributed by atoms with Gasteiger partial charge in [0.25, 0.3) is 5.91 Å². The second-order valence-corrected chi connectivity index (χ2v) is 5.80. The number of carbonyl (C=O) groups excluding carboxylic acids is 3. The maximum atomic E-state index is 12.5. The molecule has 1 unspecified atom stereocenters. The number of benzene rings is 1. The van der Waals surface area contributed by atoms with Gasteiger partial charge in [-0.25, -0.2) is 0 Å². The van der Waals surface area contributed by atoms with Crippen LogP contribution in [0.5, 0.6) is 0 Å². The molecule has 0 saturated carbocycles. The fourth-order valence-electron chi connectivity index (χ4n) is 2.51. The van der Waals surface area contributed by atoms with Gasteiger partial charge in [0.05, 0.1) is 19.8 Å². The molecule has 1 heterocycles. The Morgan fingerprint density at radius 1 is 1.23 bits per heavy atom. The van der Waals surface area contributed by atoms with Gasteiger partial charge in [0.1, 0.15) is 12.6 Å². The van der Waals surface area contributed by atoms with E-state index in [4.69, 9.17) is 14.2 Å². The lowest BCUT2D eigenvalue weighted by atomic mass is 10.2. The van der Waals surface area contributed by atoms with E-state index in [-0.39, 0.29) is 19.8 Å². The zero-order chi connectivity index (χ0) is 18.9. The van der Waals surface area contributed by atoms with Crippen LogP contribution in [0.15, 0.2) is 30.3 Å². The summed E-state index contributed by atoms with van der Waals surface area (Å²) in [4.78, 5) is 39.6. The van der Waals surface area contributed by atoms with Crippen molar-refractivity contribution in [2.75, 3.05) is 51.5 Å². The molecule has 0 bridgehead atoms. The van der Waals surface area contributed by atoms with E-state index in [1.807, 2.05) is 4.90 Å². The Hall–Kier alpha value is -2.45. The molecule has 0 aromatic heterocycles. The first-order valence-corrected chi connectivity index (χ1v) is 8.48. The van der Waals surface area contributed by atoms with Gasteiger partial charge >= 0.3 is 11.9 Å². The molecule has 0 radical (unpaired) electrons. The lowest BCUT2D eigenvalue weighted by molar-refractivity contribution is -0.157. The van der Waals surface area contributed by atoms with E-state index < -0.39 is 30.5 Å². The SMILES string of the molecule is CCOC(=O)CN(C(=O)COC(=O)C1COCCN1C)c1ccccc1. The third kappa shape index (κ3) is 5.53. The Bertz CT molecular complexity index is 621. The summed E-state index contributed by atoms with van der Waals surface area (Å²) >= 11 is 0. The first-order valence-electron chi connectivity index (χ1n) is 8.48. The highest BCUT2D eigenvalue weighted by Gasteiger charge is 2.29. The number of likely N-dealkylation sites (N-methyl/N-ethyl adjacent to an activating group) is 1. The summed E-state index contributed by atoms with van der Waals surface area (Å²) in [5.41, 5.74) is 0.528. The van der Waals surface area contributed by atoms with E-state index in [0.29, 0.717) is 18.8 Å². The number of carbonyl (C=O) groups is 3. The number of amides is 1. The number of anilines is 1. The molecule has 0 aliphatic carbocycles. The normalized spacial score (nSPS) is 17.4. The molecule has 1 atom stereocenters. The topological polar surface area (TPSA) is 85.4 Å². The van der Waals surface area contributed by atoms with Gasteiger partial charge in [-0.05, 0) is 26.1 Å². The Labute approximate surface area is 152 Å². The number of hydrogen-bond donors (Lipinski definition) is 0. The Morgan fingerprint density at radius 2 is 1.96 bits per heavy atom. The molecule has 0 spiro atoms. The van der Waals surface area contributed by atoms with Crippen molar-refractivity contribution in [3.05, 3.63) is 30.3 Å². The molecule has 1 aliphatic heterocycles. The van der Waals surface area contributed by atoms with Gasteiger partial charge in [0, 0.05) is 12.2 Å². The van der Waals surface area contributed by atoms with Gasteiger partial charge in [-0.1, -0.05) is 18.2 Å². The van der Waals surface area contributed by atoms with Crippen molar-refractivity contribution in [3.8, 4) is 0 Å². The minimum absolute atomic E-state index is 0.221. The highest BCUT2D eigenvalue weighted by molar-refractivity contribution is 5.99. The number of morpholine rings is 1. The van der Waals surface area contributed by atoms with Crippen molar-refractivity contribution in [2.45, 2.75) is 13.0 Å². The van der Waals surface area contributed by atoms with Crippen LogP contribution in [0.25, 0.3) is 0 Å². The molecular formula is C18H24N2O6. The maximum absolute atomic E-state index is 12.5. The van der Waals surface area contributed by atoms with E-state index in [9.17, 15) is 14.4 Å². The standard InChI is InChI=1S/C18H24N2O6/c1-3-25-17(22)11-20(14-7-5-4-6-8-14)16(21)13-26-18(23)15-12-24-10-9-19(15)2/h4-8,15H,3,9-13H2,1-2H3. The zero-order valence-electron chi connectivity index (χ0n) is 15.1. The predicted molar refractivity (Wildman–Crippen MR) is 93.6 cm³/mol. The van der Waals surface area contributed by atoms with E-state index in [2.05, 4.69) is 0 Å². The monoisotopic (exact) mass is 364 g/mol. The highest BCUT2D eigenvalue weighted by Crippen LogP contribution is 2.14. The van der Waals surface area contributed by atoms with Crippen LogP contribution in [0.4, 0.5) is 5.69 Å². The molecule has 8 nitrogen and oxygen atoms in total. The van der Waals surface area contributed by atoms with Crippen molar-refractivity contribution in [3.63, 3.8) is 0 Å². The third-order valence-corrected chi connectivity index (χ3v) is 3.97. The highest BCUT2D eigenvalue weighted by atomic mass is 16.5. The molecule has 1 aromatic carbocycles. The second-order valence-electron chi connectivity index (χ2n) is 5.80. The molecule has 1 saturated heterocycles. The van der Waals surface area contributed by atoms with Crippen molar-refractivity contribution >= 4 is 23.5 Å². The van der Waals surface area contributed by atoms with Crippen LogP contribution in [-0.4, -0.2) is 75.4 Å². The largest absolute Gasteiger partial charge is 0.465 e. The molecule has 1 aromatic rings. The number of esters is 2. The summed E-state index contributed by atoms with van der Waals surface area (Å²) in [5.74, 6) is -1.56. The van der Waals surface area contributed by atoms with Gasteiger partial charge in [-0.3, -0.25) is 24.2 Å². The molecule has 1 fully saturated rings. The summed E-state index contributed by atoms with van der Waals surface area (Å²) in [6.45, 7) is 2.61. The average Bonchev–Trinajstić information content (AvgIpc) is 2.65. The van der Waals surface area contributed by atoms with Gasteiger partial charge in [-0.15, -0.1) is 0 Å². The minimum atomic E-state index is -0.535. The fourth-order valence-corrected chi connectivity index (χ4v) is 2.51. The molecule has 1 amide bonds. The number of nitrogens with zero attached hydrogens (tertiary/aromatic N) is 2. The van der Waals surface area contributed by atoms with Crippen molar-refractivity contribution in [1.82, 2.24) is 4.90 Å². The Kier molecular flexibility index (Phi) is 7.55. The van der Waals surface area contributed by atoms with Crippen molar-refractivity contribution in [2.24, 2.45) is 0 Å². The molecular weight excluding hydrogens is 340 g/mol. The summed E-state index contributed by atoms with van der Waals surface area (Å²) in [6, 6.07) is 8.16. The van der Waals surface area contributed by atoms with Crippen LogP contribution >= 0.6 is 0 Å². The van der Waals surface area contributed by atoms with Gasteiger partial charge < -0.3 is 14.2 Å². The number of hydrogen-bond acceptors (Lipinski definition) is 7. The average molecular weight is 364 g/mol. The second kappa shape index (κ2) is 9.88.